The monoisotopic (exact) mass is 685 g/mol. The van der Waals surface area contributed by atoms with Gasteiger partial charge in [0.05, 0.1) is 19.9 Å². The number of carbonyl (C=O) groups is 1. The van der Waals surface area contributed by atoms with Crippen molar-refractivity contribution in [2.45, 2.75) is 44.8 Å². The second kappa shape index (κ2) is 12.6. The Morgan fingerprint density at radius 2 is 1.84 bits per heavy atom. The lowest BCUT2D eigenvalue weighted by molar-refractivity contribution is -0.120. The molecule has 1 aliphatic carbocycles. The van der Waals surface area contributed by atoms with Crippen LogP contribution < -0.4 is 15.5 Å². The van der Waals surface area contributed by atoms with Crippen LogP contribution in [-0.4, -0.2) is 24.7 Å². The van der Waals surface area contributed by atoms with Gasteiger partial charge in [-0.15, -0.1) is 0 Å². The van der Waals surface area contributed by atoms with Crippen LogP contribution in [0.25, 0.3) is 0 Å². The van der Waals surface area contributed by atoms with Crippen LogP contribution in [0.1, 0.15) is 43.2 Å². The van der Waals surface area contributed by atoms with Crippen LogP contribution in [0.4, 0.5) is 0 Å². The van der Waals surface area contributed by atoms with Crippen LogP contribution >= 0.6 is 68.4 Å². The normalized spacial score (nSPS) is 14.7. The van der Waals surface area contributed by atoms with E-state index in [2.05, 4.69) is 61.0 Å². The molecule has 2 aromatic rings. The van der Waals surface area contributed by atoms with E-state index in [4.69, 9.17) is 27.9 Å². The van der Waals surface area contributed by atoms with Crippen LogP contribution in [-0.2, 0) is 11.4 Å². The highest BCUT2D eigenvalue weighted by molar-refractivity contribution is 14.1. The zero-order valence-electron chi connectivity index (χ0n) is 16.8. The summed E-state index contributed by atoms with van der Waals surface area (Å²) in [7, 11) is 0. The van der Waals surface area contributed by atoms with Crippen molar-refractivity contribution in [3.05, 3.63) is 58.6 Å². The first-order chi connectivity index (χ1) is 14.9. The summed E-state index contributed by atoms with van der Waals surface area (Å²) in [5, 5.41) is 8.57. The van der Waals surface area contributed by atoms with Gasteiger partial charge in [-0.1, -0.05) is 48.5 Å². The van der Waals surface area contributed by atoms with Gasteiger partial charge in [0.1, 0.15) is 12.4 Å². The molecular weight excluding hydrogens is 663 g/mol. The predicted molar refractivity (Wildman–Crippen MR) is 143 cm³/mol. The molecule has 9 heteroatoms. The van der Waals surface area contributed by atoms with Gasteiger partial charge in [-0.3, -0.25) is 4.79 Å². The van der Waals surface area contributed by atoms with Crippen molar-refractivity contribution in [1.29, 1.82) is 0 Å². The maximum absolute atomic E-state index is 12.0. The molecule has 166 valence electrons. The fourth-order valence-corrected chi connectivity index (χ4v) is 5.93. The molecule has 0 aromatic heterocycles. The minimum atomic E-state index is -0.133. The fraction of sp³-hybridized carbons (Fsp3) is 0.364. The summed E-state index contributed by atoms with van der Waals surface area (Å²) < 4.78 is 7.89. The zero-order valence-corrected chi connectivity index (χ0v) is 22.6. The van der Waals surface area contributed by atoms with Gasteiger partial charge in [-0.05, 0) is 87.9 Å². The van der Waals surface area contributed by atoms with Gasteiger partial charge in [0.15, 0.2) is 0 Å². The average molecular weight is 686 g/mol. The maximum Gasteiger partial charge on any atom is 0.254 e. The number of hydrazone groups is 1. The summed E-state index contributed by atoms with van der Waals surface area (Å²) in [6, 6.07) is 9.71. The average Bonchev–Trinajstić information content (AvgIpc) is 2.74. The van der Waals surface area contributed by atoms with Crippen LogP contribution in [0, 0.1) is 7.14 Å². The molecule has 0 radical (unpaired) electrons. The van der Waals surface area contributed by atoms with E-state index < -0.39 is 0 Å². The number of hydrogen-bond acceptors (Lipinski definition) is 4. The molecule has 3 rings (SSSR count). The third-order valence-electron chi connectivity index (χ3n) is 4.97. The number of amides is 1. The van der Waals surface area contributed by atoms with Crippen molar-refractivity contribution in [3.8, 4) is 5.75 Å². The summed E-state index contributed by atoms with van der Waals surface area (Å²) in [6.07, 6.45) is 7.70. The topological polar surface area (TPSA) is 62.7 Å². The second-order valence-electron chi connectivity index (χ2n) is 7.35. The van der Waals surface area contributed by atoms with E-state index in [1.165, 1.54) is 19.3 Å². The molecule has 0 heterocycles. The number of carbonyl (C=O) groups excluding carboxylic acids is 1. The van der Waals surface area contributed by atoms with Crippen LogP contribution in [0.15, 0.2) is 35.4 Å². The Morgan fingerprint density at radius 1 is 1.13 bits per heavy atom. The van der Waals surface area contributed by atoms with Crippen LogP contribution in [0.2, 0.25) is 10.0 Å². The van der Waals surface area contributed by atoms with Crippen molar-refractivity contribution >= 4 is 80.5 Å². The molecule has 0 atom stereocenters. The molecule has 0 spiro atoms. The lowest BCUT2D eigenvalue weighted by Gasteiger charge is -2.22. The third kappa shape index (κ3) is 8.03. The fourth-order valence-electron chi connectivity index (χ4n) is 3.34. The molecule has 1 saturated carbocycles. The number of rotatable bonds is 8. The van der Waals surface area contributed by atoms with E-state index in [-0.39, 0.29) is 12.5 Å². The van der Waals surface area contributed by atoms with E-state index in [9.17, 15) is 4.79 Å². The van der Waals surface area contributed by atoms with E-state index in [0.717, 1.165) is 36.9 Å². The van der Waals surface area contributed by atoms with Gasteiger partial charge in [0.25, 0.3) is 5.91 Å². The van der Waals surface area contributed by atoms with Crippen LogP contribution in [0.5, 0.6) is 5.75 Å². The van der Waals surface area contributed by atoms with E-state index in [0.29, 0.717) is 22.7 Å². The molecule has 0 bridgehead atoms. The largest absolute Gasteiger partial charge is 0.487 e. The Kier molecular flexibility index (Phi) is 10.1. The minimum Gasteiger partial charge on any atom is -0.487 e. The quantitative estimate of drug-likeness (QED) is 0.199. The molecule has 1 fully saturated rings. The first-order valence-electron chi connectivity index (χ1n) is 10.0. The maximum atomic E-state index is 12.0. The molecule has 2 N–H and O–H groups in total. The zero-order chi connectivity index (χ0) is 22.2. The smallest absolute Gasteiger partial charge is 0.254 e. The molecule has 31 heavy (non-hydrogen) atoms. The third-order valence-corrected chi connectivity index (χ3v) is 7.16. The molecule has 0 saturated heterocycles. The second-order valence-corrected chi connectivity index (χ2v) is 10.5. The first kappa shape index (κ1) is 25.0. The highest BCUT2D eigenvalue weighted by Crippen LogP contribution is 2.30. The van der Waals surface area contributed by atoms with Crippen molar-refractivity contribution in [1.82, 2.24) is 10.7 Å². The molecular formula is C22H23Cl2I2N3O2. The van der Waals surface area contributed by atoms with Gasteiger partial charge < -0.3 is 10.1 Å². The Bertz CT molecular complexity index is 927. The van der Waals surface area contributed by atoms with Crippen molar-refractivity contribution in [2.75, 3.05) is 6.54 Å². The molecule has 0 aliphatic heterocycles. The van der Waals surface area contributed by atoms with Gasteiger partial charge in [0.2, 0.25) is 0 Å². The highest BCUT2D eigenvalue weighted by Gasteiger charge is 2.14. The Hall–Kier alpha value is -0.620. The number of nitrogens with one attached hydrogen (secondary N) is 2. The van der Waals surface area contributed by atoms with Crippen molar-refractivity contribution < 1.29 is 9.53 Å². The molecule has 0 unspecified atom stereocenters. The molecule has 1 aliphatic rings. The standard InChI is InChI=1S/C22H23Cl2I2N3O2/c23-16-7-6-15(18(24)10-16)13-31-22-19(25)8-14(9-20(22)26)11-28-29-21(30)12-27-17-4-2-1-3-5-17/h6-11,17,27H,1-5,12-13H2,(H,29,30)/b28-11-. The van der Waals surface area contributed by atoms with Gasteiger partial charge in [0, 0.05) is 21.7 Å². The summed E-state index contributed by atoms with van der Waals surface area (Å²) in [5.41, 5.74) is 4.34. The minimum absolute atomic E-state index is 0.133. The van der Waals surface area contributed by atoms with E-state index in [1.807, 2.05) is 18.2 Å². The molecule has 5 nitrogen and oxygen atoms in total. The highest BCUT2D eigenvalue weighted by atomic mass is 127. The first-order valence-corrected chi connectivity index (χ1v) is 12.9. The predicted octanol–water partition coefficient (Wildman–Crippen LogP) is 6.15. The number of benzene rings is 2. The lowest BCUT2D eigenvalue weighted by Crippen LogP contribution is -2.38. The van der Waals surface area contributed by atoms with E-state index in [1.54, 1.807) is 18.3 Å². The van der Waals surface area contributed by atoms with Crippen LogP contribution in [0.3, 0.4) is 0 Å². The van der Waals surface area contributed by atoms with Gasteiger partial charge in [-0.2, -0.15) is 5.10 Å². The lowest BCUT2D eigenvalue weighted by atomic mass is 9.95. The summed E-state index contributed by atoms with van der Waals surface area (Å²) in [4.78, 5) is 12.0. The van der Waals surface area contributed by atoms with Gasteiger partial charge in [-0.25, -0.2) is 5.43 Å². The van der Waals surface area contributed by atoms with Crippen molar-refractivity contribution in [3.63, 3.8) is 0 Å². The van der Waals surface area contributed by atoms with E-state index >= 15 is 0 Å². The van der Waals surface area contributed by atoms with Crippen molar-refractivity contribution in [2.24, 2.45) is 5.10 Å². The molecule has 2 aromatic carbocycles. The number of nitrogens with zero attached hydrogens (tertiary/aromatic N) is 1. The Morgan fingerprint density at radius 3 is 2.52 bits per heavy atom. The summed E-state index contributed by atoms with van der Waals surface area (Å²) in [5.74, 6) is 0.649. The number of hydrogen-bond donors (Lipinski definition) is 2. The number of ether oxygens (including phenoxy) is 1. The van der Waals surface area contributed by atoms with Gasteiger partial charge >= 0.3 is 0 Å². The SMILES string of the molecule is O=C(CNC1CCCCC1)N/N=C\c1cc(I)c(OCc2ccc(Cl)cc2Cl)c(I)c1. The summed E-state index contributed by atoms with van der Waals surface area (Å²) >= 11 is 16.6. The summed E-state index contributed by atoms with van der Waals surface area (Å²) in [6.45, 7) is 0.636. The number of halogens is 4. The Labute approximate surface area is 220 Å². The molecule has 1 amide bonds. The Balaban J connectivity index is 1.52.